The Morgan fingerprint density at radius 2 is 2.00 bits per heavy atom. The maximum Gasteiger partial charge on any atom is 0.219 e. The van der Waals surface area contributed by atoms with Crippen molar-refractivity contribution in [2.45, 2.75) is 26.2 Å². The average Bonchev–Trinajstić information content (AvgIpc) is 2.35. The van der Waals surface area contributed by atoms with Crippen molar-refractivity contribution in [2.24, 2.45) is 0 Å². The van der Waals surface area contributed by atoms with Gasteiger partial charge in [-0.3, -0.25) is 4.79 Å². The lowest BCUT2D eigenvalue weighted by atomic mass is 9.97. The third-order valence-corrected chi connectivity index (χ3v) is 3.04. The molecular formula is C14H18N2O. The second-order valence-electron chi connectivity index (χ2n) is 4.36. The molecule has 17 heavy (non-hydrogen) atoms. The topological polar surface area (TPSA) is 44.1 Å². The molecule has 0 N–H and O–H groups in total. The first-order chi connectivity index (χ1) is 8.04. The van der Waals surface area contributed by atoms with Crippen LogP contribution in [0.2, 0.25) is 0 Å². The molecule has 0 heterocycles. The zero-order chi connectivity index (χ0) is 12.8. The van der Waals surface area contributed by atoms with E-state index in [4.69, 9.17) is 5.26 Å². The van der Waals surface area contributed by atoms with Crippen molar-refractivity contribution in [3.63, 3.8) is 0 Å². The second-order valence-corrected chi connectivity index (χ2v) is 4.36. The number of carbonyl (C=O) groups excluding carboxylic acids is 1. The summed E-state index contributed by atoms with van der Waals surface area (Å²) >= 11 is 0. The number of hydrogen-bond acceptors (Lipinski definition) is 2. The van der Waals surface area contributed by atoms with Gasteiger partial charge in [0.15, 0.2) is 0 Å². The molecule has 1 atom stereocenters. The van der Waals surface area contributed by atoms with Crippen molar-refractivity contribution in [3.05, 3.63) is 35.4 Å². The van der Waals surface area contributed by atoms with Crippen molar-refractivity contribution in [2.75, 3.05) is 13.6 Å². The SMILES string of the molecule is CC(=O)N(C)CCC(C)c1ccc(C#N)cc1. The van der Waals surface area contributed by atoms with Crippen LogP contribution < -0.4 is 0 Å². The van der Waals surface area contributed by atoms with Gasteiger partial charge in [0.05, 0.1) is 11.6 Å². The van der Waals surface area contributed by atoms with Gasteiger partial charge in [-0.05, 0) is 30.0 Å². The summed E-state index contributed by atoms with van der Waals surface area (Å²) in [6, 6.07) is 9.74. The maximum absolute atomic E-state index is 11.1. The van der Waals surface area contributed by atoms with Gasteiger partial charge in [-0.25, -0.2) is 0 Å². The van der Waals surface area contributed by atoms with Gasteiger partial charge in [0.1, 0.15) is 0 Å². The Balaban J connectivity index is 2.55. The Morgan fingerprint density at radius 3 is 2.47 bits per heavy atom. The van der Waals surface area contributed by atoms with E-state index in [9.17, 15) is 4.79 Å². The fourth-order valence-corrected chi connectivity index (χ4v) is 1.60. The summed E-state index contributed by atoms with van der Waals surface area (Å²) in [5.41, 5.74) is 1.89. The van der Waals surface area contributed by atoms with E-state index in [2.05, 4.69) is 13.0 Å². The van der Waals surface area contributed by atoms with Crippen molar-refractivity contribution in [1.29, 1.82) is 5.26 Å². The van der Waals surface area contributed by atoms with E-state index in [1.165, 1.54) is 5.56 Å². The number of hydrogen-bond donors (Lipinski definition) is 0. The molecule has 0 bridgehead atoms. The minimum Gasteiger partial charge on any atom is -0.346 e. The summed E-state index contributed by atoms with van der Waals surface area (Å²) < 4.78 is 0. The maximum atomic E-state index is 11.1. The normalized spacial score (nSPS) is 11.6. The van der Waals surface area contributed by atoms with Crippen LogP contribution in [0.15, 0.2) is 24.3 Å². The highest BCUT2D eigenvalue weighted by Crippen LogP contribution is 2.19. The van der Waals surface area contributed by atoms with E-state index in [-0.39, 0.29) is 5.91 Å². The fourth-order valence-electron chi connectivity index (χ4n) is 1.60. The van der Waals surface area contributed by atoms with Gasteiger partial charge in [0, 0.05) is 20.5 Å². The summed E-state index contributed by atoms with van der Waals surface area (Å²) in [6.07, 6.45) is 0.933. The Hall–Kier alpha value is -1.82. The molecule has 0 spiro atoms. The third kappa shape index (κ3) is 3.92. The number of nitriles is 1. The van der Waals surface area contributed by atoms with Gasteiger partial charge in [0.25, 0.3) is 0 Å². The lowest BCUT2D eigenvalue weighted by molar-refractivity contribution is -0.127. The van der Waals surface area contributed by atoms with Crippen molar-refractivity contribution in [1.82, 2.24) is 4.90 Å². The van der Waals surface area contributed by atoms with E-state index in [1.807, 2.05) is 31.3 Å². The molecule has 90 valence electrons. The minimum absolute atomic E-state index is 0.0945. The smallest absolute Gasteiger partial charge is 0.219 e. The molecule has 0 aromatic heterocycles. The van der Waals surface area contributed by atoms with Crippen LogP contribution >= 0.6 is 0 Å². The van der Waals surface area contributed by atoms with E-state index >= 15 is 0 Å². The zero-order valence-corrected chi connectivity index (χ0v) is 10.6. The van der Waals surface area contributed by atoms with Crippen LogP contribution in [0.3, 0.4) is 0 Å². The fraction of sp³-hybridized carbons (Fsp3) is 0.429. The largest absolute Gasteiger partial charge is 0.346 e. The highest BCUT2D eigenvalue weighted by Gasteiger charge is 2.08. The molecular weight excluding hydrogens is 212 g/mol. The molecule has 0 aliphatic carbocycles. The molecule has 3 nitrogen and oxygen atoms in total. The first kappa shape index (κ1) is 13.2. The molecule has 0 radical (unpaired) electrons. The van der Waals surface area contributed by atoms with Crippen LogP contribution in [0.5, 0.6) is 0 Å². The Morgan fingerprint density at radius 1 is 1.41 bits per heavy atom. The highest BCUT2D eigenvalue weighted by atomic mass is 16.2. The Kier molecular flexibility index (Phi) is 4.71. The first-order valence-corrected chi connectivity index (χ1v) is 5.76. The van der Waals surface area contributed by atoms with E-state index in [0.717, 1.165) is 13.0 Å². The predicted molar refractivity (Wildman–Crippen MR) is 67.5 cm³/mol. The molecule has 1 aromatic rings. The van der Waals surface area contributed by atoms with E-state index in [1.54, 1.807) is 11.8 Å². The molecule has 0 saturated heterocycles. The molecule has 1 amide bonds. The second kappa shape index (κ2) is 6.05. The summed E-state index contributed by atoms with van der Waals surface area (Å²) in [7, 11) is 1.81. The Labute approximate surface area is 103 Å². The monoisotopic (exact) mass is 230 g/mol. The van der Waals surface area contributed by atoms with Gasteiger partial charge in [-0.2, -0.15) is 5.26 Å². The molecule has 0 saturated carbocycles. The van der Waals surface area contributed by atoms with Crippen LogP contribution in [0.25, 0.3) is 0 Å². The van der Waals surface area contributed by atoms with Gasteiger partial charge in [-0.1, -0.05) is 19.1 Å². The average molecular weight is 230 g/mol. The number of benzene rings is 1. The van der Waals surface area contributed by atoms with Crippen molar-refractivity contribution < 1.29 is 4.79 Å². The van der Waals surface area contributed by atoms with Crippen molar-refractivity contribution >= 4 is 5.91 Å². The van der Waals surface area contributed by atoms with Gasteiger partial charge < -0.3 is 4.90 Å². The highest BCUT2D eigenvalue weighted by molar-refractivity contribution is 5.72. The van der Waals surface area contributed by atoms with Crippen LogP contribution in [-0.4, -0.2) is 24.4 Å². The van der Waals surface area contributed by atoms with Gasteiger partial charge in [-0.15, -0.1) is 0 Å². The molecule has 0 aliphatic rings. The number of carbonyl (C=O) groups is 1. The summed E-state index contributed by atoms with van der Waals surface area (Å²) in [5.74, 6) is 0.488. The molecule has 1 rings (SSSR count). The van der Waals surface area contributed by atoms with Crippen LogP contribution in [0, 0.1) is 11.3 Å². The number of amides is 1. The quantitative estimate of drug-likeness (QED) is 0.797. The molecule has 1 aromatic carbocycles. The number of rotatable bonds is 4. The molecule has 0 fully saturated rings. The first-order valence-electron chi connectivity index (χ1n) is 5.76. The van der Waals surface area contributed by atoms with Crippen LogP contribution in [0.1, 0.15) is 37.3 Å². The molecule has 0 aliphatic heterocycles. The predicted octanol–water partition coefficient (Wildman–Crippen LogP) is 2.53. The Bertz CT molecular complexity index is 417. The lowest BCUT2D eigenvalue weighted by Crippen LogP contribution is -2.25. The van der Waals surface area contributed by atoms with Crippen molar-refractivity contribution in [3.8, 4) is 6.07 Å². The number of nitrogens with zero attached hydrogens (tertiary/aromatic N) is 2. The standard InChI is InChI=1S/C14H18N2O/c1-11(8-9-16(3)12(2)17)14-6-4-13(10-15)5-7-14/h4-7,11H,8-9H2,1-3H3. The lowest BCUT2D eigenvalue weighted by Gasteiger charge is -2.18. The van der Waals surface area contributed by atoms with Crippen LogP contribution in [-0.2, 0) is 4.79 Å². The summed E-state index contributed by atoms with van der Waals surface area (Å²) in [5, 5.41) is 8.71. The molecule has 3 heteroatoms. The van der Waals surface area contributed by atoms with Gasteiger partial charge in [0.2, 0.25) is 5.91 Å². The summed E-state index contributed by atoms with van der Waals surface area (Å²) in [6.45, 7) is 4.47. The molecule has 1 unspecified atom stereocenters. The minimum atomic E-state index is 0.0945. The zero-order valence-electron chi connectivity index (χ0n) is 10.6. The van der Waals surface area contributed by atoms with Gasteiger partial charge >= 0.3 is 0 Å². The third-order valence-electron chi connectivity index (χ3n) is 3.04. The van der Waals surface area contributed by atoms with E-state index in [0.29, 0.717) is 11.5 Å². The van der Waals surface area contributed by atoms with E-state index < -0.39 is 0 Å². The van der Waals surface area contributed by atoms with Crippen LogP contribution in [0.4, 0.5) is 0 Å². The summed E-state index contributed by atoms with van der Waals surface area (Å²) in [4.78, 5) is 12.8.